The Hall–Kier alpha value is -5.27. The van der Waals surface area contributed by atoms with Crippen LogP contribution in [0.3, 0.4) is 0 Å². The lowest BCUT2D eigenvalue weighted by Gasteiger charge is -2.24. The highest BCUT2D eigenvalue weighted by Crippen LogP contribution is 2.24. The first-order valence-corrected chi connectivity index (χ1v) is 16.9. The number of aromatic nitrogens is 2. The van der Waals surface area contributed by atoms with Gasteiger partial charge in [0.15, 0.2) is 11.8 Å². The van der Waals surface area contributed by atoms with Gasteiger partial charge in [0.1, 0.15) is 17.8 Å². The minimum Gasteiger partial charge on any atom is -0.508 e. The summed E-state index contributed by atoms with van der Waals surface area (Å²) in [4.78, 5) is 35.9. The predicted octanol–water partition coefficient (Wildman–Crippen LogP) is 3.04. The van der Waals surface area contributed by atoms with Gasteiger partial charge in [-0.25, -0.2) is 0 Å². The second-order valence-electron chi connectivity index (χ2n) is 12.5. The topological polar surface area (TPSA) is 234 Å². The Morgan fingerprint density at radius 2 is 1.58 bits per heavy atom. The van der Waals surface area contributed by atoms with E-state index < -0.39 is 29.9 Å². The normalized spacial score (nSPS) is 12.9. The van der Waals surface area contributed by atoms with E-state index in [0.717, 1.165) is 39.8 Å². The van der Waals surface area contributed by atoms with Gasteiger partial charge in [0.2, 0.25) is 17.7 Å². The van der Waals surface area contributed by atoms with Crippen LogP contribution < -0.4 is 33.6 Å². The maximum atomic E-state index is 14.0. The summed E-state index contributed by atoms with van der Waals surface area (Å²) < 4.78 is 5.69. The lowest BCUT2D eigenvalue weighted by atomic mass is 9.95. The van der Waals surface area contributed by atoms with Crippen molar-refractivity contribution in [2.24, 2.45) is 27.9 Å². The van der Waals surface area contributed by atoms with Gasteiger partial charge >= 0.3 is 0 Å². The van der Waals surface area contributed by atoms with Crippen molar-refractivity contribution in [3.8, 4) is 16.9 Å². The maximum absolute atomic E-state index is 14.0. The molecule has 0 spiro atoms. The maximum Gasteiger partial charge on any atom is 0.249 e. The summed E-state index contributed by atoms with van der Waals surface area (Å²) in [6.07, 6.45) is 3.35. The molecule has 2 unspecified atom stereocenters. The van der Waals surface area contributed by atoms with E-state index in [4.69, 9.17) is 27.5 Å². The molecule has 1 aromatic heterocycles. The van der Waals surface area contributed by atoms with E-state index in [2.05, 4.69) is 50.0 Å². The number of aryl methyl sites for hydroxylation is 2. The van der Waals surface area contributed by atoms with Gasteiger partial charge in [-0.2, -0.15) is 4.98 Å². The van der Waals surface area contributed by atoms with Crippen LogP contribution in [0, 0.1) is 13.8 Å². The highest BCUT2D eigenvalue weighted by molar-refractivity contribution is 5.90. The first kappa shape index (κ1) is 37.5. The summed E-state index contributed by atoms with van der Waals surface area (Å²) in [5.74, 6) is -0.0849. The van der Waals surface area contributed by atoms with Gasteiger partial charge in [-0.1, -0.05) is 59.8 Å². The molecule has 0 aliphatic carbocycles. The van der Waals surface area contributed by atoms with Crippen molar-refractivity contribution in [2.75, 3.05) is 13.1 Å². The number of rotatable bonds is 18. The molecule has 0 bridgehead atoms. The molecule has 2 amide bonds. The lowest BCUT2D eigenvalue weighted by molar-refractivity contribution is -0.130. The summed E-state index contributed by atoms with van der Waals surface area (Å²) >= 11 is 0. The number of hydrogen-bond donors (Lipinski definition) is 7. The van der Waals surface area contributed by atoms with Gasteiger partial charge in [-0.3, -0.25) is 14.6 Å². The third kappa shape index (κ3) is 11.1. The zero-order chi connectivity index (χ0) is 36.0. The molecule has 0 aliphatic heterocycles. The molecule has 4 aromatic rings. The van der Waals surface area contributed by atoms with Crippen molar-refractivity contribution < 1.29 is 19.2 Å². The fraction of sp³-hybridized carbons (Fsp3) is 0.378. The van der Waals surface area contributed by atoms with Crippen molar-refractivity contribution in [3.63, 3.8) is 0 Å². The van der Waals surface area contributed by atoms with E-state index in [1.165, 1.54) is 0 Å². The molecule has 0 fully saturated rings. The molecule has 266 valence electrons. The van der Waals surface area contributed by atoms with Crippen LogP contribution in [0.4, 0.5) is 0 Å². The Labute approximate surface area is 292 Å². The number of aromatic hydroxyl groups is 1. The molecular formula is C37H49N9O4. The Kier molecular flexibility index (Phi) is 13.9. The molecule has 50 heavy (non-hydrogen) atoms. The van der Waals surface area contributed by atoms with E-state index in [1.54, 1.807) is 12.1 Å². The number of nitrogens with two attached hydrogens (primary N) is 4. The van der Waals surface area contributed by atoms with Crippen LogP contribution in [0.25, 0.3) is 11.1 Å². The number of carbonyl (C=O) groups is 2. The Morgan fingerprint density at radius 1 is 0.900 bits per heavy atom. The SMILES string of the molecule is Cc1cc(O)cc(C)c1CC(NC(=O)C(N)CCCN=C(N)N)C(=O)N[C@@H](CCCCN)c1nc(Cc2ccc(-c3ccccc3)cc2)no1. The first-order valence-electron chi connectivity index (χ1n) is 16.9. The number of carbonyl (C=O) groups excluding carboxylic acids is 2. The quantitative estimate of drug-likeness (QED) is 0.0460. The smallest absolute Gasteiger partial charge is 0.249 e. The molecule has 11 N–H and O–H groups in total. The molecule has 13 nitrogen and oxygen atoms in total. The molecule has 3 atom stereocenters. The number of nitrogens with one attached hydrogen (secondary N) is 2. The van der Waals surface area contributed by atoms with E-state index in [1.807, 2.05) is 44.2 Å². The fourth-order valence-electron chi connectivity index (χ4n) is 5.77. The van der Waals surface area contributed by atoms with Gasteiger partial charge in [-0.15, -0.1) is 0 Å². The predicted molar refractivity (Wildman–Crippen MR) is 194 cm³/mol. The van der Waals surface area contributed by atoms with Gasteiger partial charge in [0.05, 0.1) is 6.04 Å². The average Bonchev–Trinajstić information content (AvgIpc) is 3.56. The second-order valence-corrected chi connectivity index (χ2v) is 12.5. The van der Waals surface area contributed by atoms with Crippen molar-refractivity contribution in [1.82, 2.24) is 20.8 Å². The summed E-state index contributed by atoms with van der Waals surface area (Å²) in [7, 11) is 0. The molecule has 4 rings (SSSR count). The highest BCUT2D eigenvalue weighted by atomic mass is 16.5. The molecule has 3 aromatic carbocycles. The minimum atomic E-state index is -0.990. The number of amides is 2. The number of benzene rings is 3. The van der Waals surface area contributed by atoms with Crippen molar-refractivity contribution >= 4 is 17.8 Å². The zero-order valence-electron chi connectivity index (χ0n) is 28.8. The number of phenolic OH excluding ortho intramolecular Hbond substituents is 1. The van der Waals surface area contributed by atoms with Crippen LogP contribution in [0.1, 0.15) is 72.1 Å². The third-order valence-corrected chi connectivity index (χ3v) is 8.50. The number of hydrogen-bond acceptors (Lipinski definition) is 9. The van der Waals surface area contributed by atoms with Crippen molar-refractivity contribution in [2.45, 2.75) is 76.9 Å². The van der Waals surface area contributed by atoms with E-state index >= 15 is 0 Å². The molecular weight excluding hydrogens is 634 g/mol. The number of aliphatic imine (C=N–C) groups is 1. The van der Waals surface area contributed by atoms with Crippen LogP contribution in [-0.2, 0) is 22.4 Å². The molecule has 0 saturated carbocycles. The molecule has 0 radical (unpaired) electrons. The highest BCUT2D eigenvalue weighted by Gasteiger charge is 2.29. The summed E-state index contributed by atoms with van der Waals surface area (Å²) in [6.45, 7) is 4.51. The largest absolute Gasteiger partial charge is 0.508 e. The van der Waals surface area contributed by atoms with Gasteiger partial charge in [0.25, 0.3) is 0 Å². The standard InChI is InChI=1S/C37H49N9O4/c1-23-19-28(47)20-24(2)29(23)22-32(44-34(48)30(39)11-8-18-42-37(40)41)35(49)43-31(12-6-7-17-38)36-45-33(46-50-36)21-25-13-15-27(16-14-25)26-9-4-3-5-10-26/h3-5,9-10,13-16,19-20,30-32,47H,6-8,11-12,17-18,21-22,38-39H2,1-2H3,(H,43,49)(H,44,48)(H4,40,41,42)/t30?,31-,32?/m0/s1. The Morgan fingerprint density at radius 3 is 2.24 bits per heavy atom. The van der Waals surface area contributed by atoms with E-state index in [9.17, 15) is 14.7 Å². The van der Waals surface area contributed by atoms with Crippen molar-refractivity contribution in [3.05, 3.63) is 101 Å². The van der Waals surface area contributed by atoms with Crippen LogP contribution >= 0.6 is 0 Å². The monoisotopic (exact) mass is 683 g/mol. The number of phenols is 1. The summed E-state index contributed by atoms with van der Waals surface area (Å²) in [6, 6.07) is 19.1. The van der Waals surface area contributed by atoms with Gasteiger partial charge in [0, 0.05) is 19.4 Å². The Bertz CT molecular complexity index is 1700. The molecule has 0 saturated heterocycles. The Balaban J connectivity index is 1.51. The number of guanidine groups is 1. The summed E-state index contributed by atoms with van der Waals surface area (Å²) in [5, 5.41) is 20.2. The number of nitrogens with zero attached hydrogens (tertiary/aromatic N) is 3. The van der Waals surface area contributed by atoms with E-state index in [0.29, 0.717) is 51.0 Å². The van der Waals surface area contributed by atoms with E-state index in [-0.39, 0.29) is 24.0 Å². The fourth-order valence-corrected chi connectivity index (χ4v) is 5.77. The molecule has 0 aliphatic rings. The first-order chi connectivity index (χ1) is 24.0. The average molecular weight is 684 g/mol. The number of unbranched alkanes of at least 4 members (excludes halogenated alkanes) is 1. The van der Waals surface area contributed by atoms with Gasteiger partial charge < -0.3 is 43.2 Å². The zero-order valence-corrected chi connectivity index (χ0v) is 28.8. The van der Waals surface area contributed by atoms with Crippen LogP contribution in [0.15, 0.2) is 76.2 Å². The third-order valence-electron chi connectivity index (χ3n) is 8.50. The minimum absolute atomic E-state index is 0.0359. The van der Waals surface area contributed by atoms with Crippen LogP contribution in [0.2, 0.25) is 0 Å². The molecule has 1 heterocycles. The van der Waals surface area contributed by atoms with Gasteiger partial charge in [-0.05, 0) is 98.0 Å². The van der Waals surface area contributed by atoms with Crippen LogP contribution in [-0.4, -0.2) is 58.2 Å². The lowest BCUT2D eigenvalue weighted by Crippen LogP contribution is -2.53. The second kappa shape index (κ2) is 18.5. The summed E-state index contributed by atoms with van der Waals surface area (Å²) in [5.41, 5.74) is 28.4. The van der Waals surface area contributed by atoms with Crippen molar-refractivity contribution in [1.29, 1.82) is 0 Å². The van der Waals surface area contributed by atoms with Crippen LogP contribution in [0.5, 0.6) is 5.75 Å². The molecule has 13 heteroatoms.